The SMILES string of the molecule is Cc1ccc(C#CCOC(=O)c2ccccc2)cc1. The number of hydrogen-bond donors (Lipinski definition) is 0. The summed E-state index contributed by atoms with van der Waals surface area (Å²) >= 11 is 0. The normalized spacial score (nSPS) is 9.32. The van der Waals surface area contributed by atoms with Crippen LogP contribution in [-0.4, -0.2) is 12.6 Å². The first-order chi connectivity index (χ1) is 9.25. The van der Waals surface area contributed by atoms with Crippen LogP contribution in [0.5, 0.6) is 0 Å². The predicted octanol–water partition coefficient (Wildman–Crippen LogP) is 3.20. The van der Waals surface area contributed by atoms with E-state index >= 15 is 0 Å². The highest BCUT2D eigenvalue weighted by Gasteiger charge is 2.03. The van der Waals surface area contributed by atoms with Gasteiger partial charge in [0.2, 0.25) is 0 Å². The Labute approximate surface area is 113 Å². The number of ether oxygens (including phenoxy) is 1. The van der Waals surface area contributed by atoms with E-state index in [2.05, 4.69) is 11.8 Å². The van der Waals surface area contributed by atoms with Crippen LogP contribution in [0.2, 0.25) is 0 Å². The van der Waals surface area contributed by atoms with Gasteiger partial charge < -0.3 is 4.74 Å². The van der Waals surface area contributed by atoms with Gasteiger partial charge in [-0.05, 0) is 31.2 Å². The van der Waals surface area contributed by atoms with Crippen molar-refractivity contribution < 1.29 is 9.53 Å². The third-order valence-electron chi connectivity index (χ3n) is 2.57. The number of hydrogen-bond acceptors (Lipinski definition) is 2. The first kappa shape index (κ1) is 12.9. The maximum absolute atomic E-state index is 11.6. The van der Waals surface area contributed by atoms with Crippen molar-refractivity contribution in [2.45, 2.75) is 6.92 Å². The van der Waals surface area contributed by atoms with Gasteiger partial charge in [0, 0.05) is 5.56 Å². The molecule has 0 heterocycles. The standard InChI is InChI=1S/C17H14O2/c1-14-9-11-15(12-10-14)6-5-13-19-17(18)16-7-3-2-4-8-16/h2-4,7-12H,13H2,1H3. The highest BCUT2D eigenvalue weighted by atomic mass is 16.5. The van der Waals surface area contributed by atoms with E-state index in [9.17, 15) is 4.79 Å². The molecule has 0 aliphatic heterocycles. The van der Waals surface area contributed by atoms with Crippen molar-refractivity contribution in [1.82, 2.24) is 0 Å². The van der Waals surface area contributed by atoms with Gasteiger partial charge in [0.15, 0.2) is 6.61 Å². The number of carbonyl (C=O) groups excluding carboxylic acids is 1. The molecule has 0 atom stereocenters. The summed E-state index contributed by atoms with van der Waals surface area (Å²) in [6.07, 6.45) is 0. The van der Waals surface area contributed by atoms with Crippen molar-refractivity contribution >= 4 is 5.97 Å². The summed E-state index contributed by atoms with van der Waals surface area (Å²) in [4.78, 5) is 11.6. The van der Waals surface area contributed by atoms with Crippen LogP contribution in [0.25, 0.3) is 0 Å². The molecule has 0 N–H and O–H groups in total. The second-order valence-corrected chi connectivity index (χ2v) is 4.11. The van der Waals surface area contributed by atoms with E-state index in [4.69, 9.17) is 4.74 Å². The zero-order valence-corrected chi connectivity index (χ0v) is 10.7. The van der Waals surface area contributed by atoms with Gasteiger partial charge >= 0.3 is 5.97 Å². The monoisotopic (exact) mass is 250 g/mol. The van der Waals surface area contributed by atoms with Crippen LogP contribution in [0.15, 0.2) is 54.6 Å². The van der Waals surface area contributed by atoms with Gasteiger partial charge in [-0.2, -0.15) is 0 Å². The molecule has 94 valence electrons. The van der Waals surface area contributed by atoms with E-state index in [-0.39, 0.29) is 12.6 Å². The molecule has 0 spiro atoms. The molecule has 2 nitrogen and oxygen atoms in total. The highest BCUT2D eigenvalue weighted by molar-refractivity contribution is 5.89. The Bertz CT molecular complexity index is 601. The summed E-state index contributed by atoms with van der Waals surface area (Å²) in [5.74, 6) is 5.43. The fourth-order valence-corrected chi connectivity index (χ4v) is 1.53. The average Bonchev–Trinajstić information content (AvgIpc) is 2.46. The minimum atomic E-state index is -0.348. The zero-order valence-electron chi connectivity index (χ0n) is 10.7. The van der Waals surface area contributed by atoms with Crippen LogP contribution in [0.1, 0.15) is 21.5 Å². The summed E-state index contributed by atoms with van der Waals surface area (Å²) in [6.45, 7) is 2.13. The summed E-state index contributed by atoms with van der Waals surface area (Å²) in [5, 5.41) is 0. The minimum absolute atomic E-state index is 0.0988. The molecule has 0 fully saturated rings. The molecule has 0 aromatic heterocycles. The summed E-state index contributed by atoms with van der Waals surface area (Å²) in [5.41, 5.74) is 2.65. The van der Waals surface area contributed by atoms with E-state index in [1.54, 1.807) is 24.3 Å². The number of aryl methyl sites for hydroxylation is 1. The fourth-order valence-electron chi connectivity index (χ4n) is 1.53. The lowest BCUT2D eigenvalue weighted by molar-refractivity contribution is 0.0556. The second kappa shape index (κ2) is 6.42. The van der Waals surface area contributed by atoms with E-state index < -0.39 is 0 Å². The van der Waals surface area contributed by atoms with Gasteiger partial charge in [-0.25, -0.2) is 4.79 Å². The first-order valence-corrected chi connectivity index (χ1v) is 6.03. The molecule has 0 amide bonds. The second-order valence-electron chi connectivity index (χ2n) is 4.11. The third-order valence-corrected chi connectivity index (χ3v) is 2.57. The maximum atomic E-state index is 11.6. The van der Waals surface area contributed by atoms with Gasteiger partial charge in [0.1, 0.15) is 0 Å². The number of benzene rings is 2. The van der Waals surface area contributed by atoms with Gasteiger partial charge in [-0.1, -0.05) is 47.7 Å². The molecule has 0 radical (unpaired) electrons. The molecule has 2 aromatic carbocycles. The average molecular weight is 250 g/mol. The van der Waals surface area contributed by atoms with Gasteiger partial charge in [0.05, 0.1) is 5.56 Å². The van der Waals surface area contributed by atoms with Gasteiger partial charge in [-0.15, -0.1) is 0 Å². The molecule has 19 heavy (non-hydrogen) atoms. The Hall–Kier alpha value is -2.53. The van der Waals surface area contributed by atoms with Crippen LogP contribution in [0.3, 0.4) is 0 Å². The van der Waals surface area contributed by atoms with Crippen LogP contribution in [-0.2, 0) is 4.74 Å². The first-order valence-electron chi connectivity index (χ1n) is 6.03. The van der Waals surface area contributed by atoms with Gasteiger partial charge in [0.25, 0.3) is 0 Å². The van der Waals surface area contributed by atoms with Crippen LogP contribution in [0.4, 0.5) is 0 Å². The Morgan fingerprint density at radius 2 is 1.74 bits per heavy atom. The molecule has 0 saturated heterocycles. The van der Waals surface area contributed by atoms with Crippen molar-refractivity contribution in [3.63, 3.8) is 0 Å². The molecule has 0 saturated carbocycles. The highest BCUT2D eigenvalue weighted by Crippen LogP contribution is 2.02. The summed E-state index contributed by atoms with van der Waals surface area (Å²) < 4.78 is 5.06. The van der Waals surface area contributed by atoms with Crippen LogP contribution >= 0.6 is 0 Å². The van der Waals surface area contributed by atoms with Crippen molar-refractivity contribution in [2.75, 3.05) is 6.61 Å². The van der Waals surface area contributed by atoms with E-state index in [0.717, 1.165) is 5.56 Å². The third kappa shape index (κ3) is 4.01. The lowest BCUT2D eigenvalue weighted by atomic mass is 10.2. The minimum Gasteiger partial charge on any atom is -0.449 e. The molecule has 2 heteroatoms. The van der Waals surface area contributed by atoms with Crippen molar-refractivity contribution in [1.29, 1.82) is 0 Å². The Kier molecular flexibility index (Phi) is 4.36. The van der Waals surface area contributed by atoms with Crippen LogP contribution in [0, 0.1) is 18.8 Å². The zero-order chi connectivity index (χ0) is 13.5. The molecule has 2 rings (SSSR count). The van der Waals surface area contributed by atoms with Crippen LogP contribution < -0.4 is 0 Å². The summed E-state index contributed by atoms with van der Waals surface area (Å²) in [7, 11) is 0. The van der Waals surface area contributed by atoms with E-state index in [1.165, 1.54) is 5.56 Å². The molecule has 0 aliphatic rings. The van der Waals surface area contributed by atoms with Crippen molar-refractivity contribution in [3.05, 3.63) is 71.3 Å². The molecule has 0 aliphatic carbocycles. The largest absolute Gasteiger partial charge is 0.449 e. The van der Waals surface area contributed by atoms with Gasteiger partial charge in [-0.3, -0.25) is 0 Å². The topological polar surface area (TPSA) is 26.3 Å². The predicted molar refractivity (Wildman–Crippen MR) is 74.8 cm³/mol. The smallest absolute Gasteiger partial charge is 0.339 e. The van der Waals surface area contributed by atoms with E-state index in [1.807, 2.05) is 37.3 Å². The molecule has 2 aromatic rings. The maximum Gasteiger partial charge on any atom is 0.339 e. The lowest BCUT2D eigenvalue weighted by Gasteiger charge is -1.99. The summed E-state index contributed by atoms with van der Waals surface area (Å²) in [6, 6.07) is 16.8. The van der Waals surface area contributed by atoms with Crippen molar-refractivity contribution in [2.24, 2.45) is 0 Å². The van der Waals surface area contributed by atoms with E-state index in [0.29, 0.717) is 5.56 Å². The fraction of sp³-hybridized carbons (Fsp3) is 0.118. The molecular formula is C17H14O2. The Morgan fingerprint density at radius 3 is 2.42 bits per heavy atom. The molecular weight excluding hydrogens is 236 g/mol. The molecule has 0 unspecified atom stereocenters. The van der Waals surface area contributed by atoms with Crippen molar-refractivity contribution in [3.8, 4) is 11.8 Å². The Balaban J connectivity index is 1.87. The number of carbonyl (C=O) groups is 1. The lowest BCUT2D eigenvalue weighted by Crippen LogP contribution is -2.04. The Morgan fingerprint density at radius 1 is 1.05 bits per heavy atom. The number of rotatable bonds is 2. The molecule has 0 bridgehead atoms. The number of esters is 1. The quantitative estimate of drug-likeness (QED) is 0.604.